The molecular formula is C7H16N2. The molecule has 0 aromatic heterocycles. The highest BCUT2D eigenvalue weighted by molar-refractivity contribution is 4.43. The third-order valence-electron chi connectivity index (χ3n) is 1.16. The highest BCUT2D eigenvalue weighted by atomic mass is 14.5. The van der Waals surface area contributed by atoms with Gasteiger partial charge in [-0.1, -0.05) is 12.8 Å². The van der Waals surface area contributed by atoms with Gasteiger partial charge in [0.05, 0.1) is 0 Å². The number of unbranched alkanes of at least 4 members (excludes halogenated alkanes) is 3. The molecule has 9 heavy (non-hydrogen) atoms. The van der Waals surface area contributed by atoms with Crippen LogP contribution in [-0.4, -0.2) is 13.1 Å². The molecule has 0 aromatic carbocycles. The summed E-state index contributed by atoms with van der Waals surface area (Å²) in [5.41, 5.74) is 10.6. The first-order chi connectivity index (χ1) is 3.91. The summed E-state index contributed by atoms with van der Waals surface area (Å²) in [6.07, 6.45) is 4.79. The monoisotopic (exact) mass is 128 g/mol. The van der Waals surface area contributed by atoms with Crippen molar-refractivity contribution in [2.75, 3.05) is 13.1 Å². The molecule has 4 radical (unpaired) electrons. The lowest BCUT2D eigenvalue weighted by Crippen LogP contribution is -2.00. The fraction of sp³-hybridized carbons (Fsp3) is 0.857. The Balaban J connectivity index is 0. The highest BCUT2D eigenvalue weighted by Gasteiger charge is 1.83. The van der Waals surface area contributed by atoms with E-state index in [1.807, 2.05) is 0 Å². The van der Waals surface area contributed by atoms with Gasteiger partial charge >= 0.3 is 0 Å². The van der Waals surface area contributed by atoms with Crippen LogP contribution >= 0.6 is 0 Å². The molecule has 0 atom stereocenters. The van der Waals surface area contributed by atoms with Crippen LogP contribution in [0.5, 0.6) is 0 Å². The Morgan fingerprint density at radius 2 is 1.00 bits per heavy atom. The summed E-state index contributed by atoms with van der Waals surface area (Å²) in [6.45, 7) is 1.65. The maximum atomic E-state index is 5.28. The van der Waals surface area contributed by atoms with Gasteiger partial charge in [-0.15, -0.1) is 0 Å². The average molecular weight is 128 g/mol. The average Bonchev–Trinajstić information content (AvgIpc) is 1.81. The zero-order valence-electron chi connectivity index (χ0n) is 5.90. The van der Waals surface area contributed by atoms with Crippen molar-refractivity contribution < 1.29 is 0 Å². The zero-order valence-corrected chi connectivity index (χ0v) is 5.90. The summed E-state index contributed by atoms with van der Waals surface area (Å²) in [7, 11) is 0. The molecule has 0 bridgehead atoms. The minimum absolute atomic E-state index is 0. The Morgan fingerprint density at radius 3 is 1.22 bits per heavy atom. The fourth-order valence-corrected chi connectivity index (χ4v) is 0.642. The second kappa shape index (κ2) is 10.8. The van der Waals surface area contributed by atoms with Crippen LogP contribution in [0.4, 0.5) is 0 Å². The van der Waals surface area contributed by atoms with Crippen LogP contribution in [0.3, 0.4) is 0 Å². The van der Waals surface area contributed by atoms with Crippen molar-refractivity contribution in [2.45, 2.75) is 25.7 Å². The van der Waals surface area contributed by atoms with Gasteiger partial charge in [-0.05, 0) is 25.9 Å². The summed E-state index contributed by atoms with van der Waals surface area (Å²) in [5, 5.41) is 0. The van der Waals surface area contributed by atoms with E-state index < -0.39 is 0 Å². The number of rotatable bonds is 5. The van der Waals surface area contributed by atoms with Crippen LogP contribution in [0.1, 0.15) is 25.7 Å². The van der Waals surface area contributed by atoms with E-state index in [0.29, 0.717) is 0 Å². The third-order valence-corrected chi connectivity index (χ3v) is 1.16. The van der Waals surface area contributed by atoms with Crippen LogP contribution in [0.2, 0.25) is 0 Å². The normalized spacial score (nSPS) is 8.67. The Labute approximate surface area is 58.6 Å². The molecule has 54 valence electrons. The van der Waals surface area contributed by atoms with Crippen molar-refractivity contribution >= 4 is 0 Å². The first-order valence-corrected chi connectivity index (χ1v) is 3.32. The van der Waals surface area contributed by atoms with Crippen molar-refractivity contribution in [2.24, 2.45) is 11.5 Å². The van der Waals surface area contributed by atoms with Crippen molar-refractivity contribution in [1.29, 1.82) is 0 Å². The second-order valence-electron chi connectivity index (χ2n) is 1.99. The zero-order chi connectivity index (χ0) is 6.24. The molecule has 4 N–H and O–H groups in total. The summed E-state index contributed by atoms with van der Waals surface area (Å²) >= 11 is 0. The molecule has 0 aliphatic heterocycles. The first-order valence-electron chi connectivity index (χ1n) is 3.32. The summed E-state index contributed by atoms with van der Waals surface area (Å²) in [4.78, 5) is 0. The smallest absolute Gasteiger partial charge is 0 e. The number of hydrogen-bond acceptors (Lipinski definition) is 2. The predicted octanol–water partition coefficient (Wildman–Crippen LogP) is 0.545. The number of hydrogen-bond donors (Lipinski definition) is 2. The van der Waals surface area contributed by atoms with Crippen LogP contribution in [0.25, 0.3) is 0 Å². The summed E-state index contributed by atoms with van der Waals surface area (Å²) in [6, 6.07) is 0. The molecule has 0 saturated carbocycles. The molecule has 0 aromatic rings. The standard InChI is InChI=1S/C6H16N2.C/c7-5-3-1-2-4-6-8;/h1-8H2;. The minimum Gasteiger partial charge on any atom is -0.330 e. The van der Waals surface area contributed by atoms with Gasteiger partial charge in [-0.3, -0.25) is 0 Å². The molecule has 2 nitrogen and oxygen atoms in total. The van der Waals surface area contributed by atoms with E-state index in [4.69, 9.17) is 11.5 Å². The van der Waals surface area contributed by atoms with Gasteiger partial charge in [0.15, 0.2) is 0 Å². The van der Waals surface area contributed by atoms with E-state index in [2.05, 4.69) is 0 Å². The van der Waals surface area contributed by atoms with Gasteiger partial charge in [0.2, 0.25) is 0 Å². The van der Waals surface area contributed by atoms with E-state index in [-0.39, 0.29) is 7.43 Å². The van der Waals surface area contributed by atoms with Crippen molar-refractivity contribution in [3.05, 3.63) is 7.43 Å². The van der Waals surface area contributed by atoms with Gasteiger partial charge in [0, 0.05) is 7.43 Å². The Morgan fingerprint density at radius 1 is 0.667 bits per heavy atom. The molecule has 0 saturated heterocycles. The van der Waals surface area contributed by atoms with E-state index in [1.165, 1.54) is 12.8 Å². The lowest BCUT2D eigenvalue weighted by Gasteiger charge is -1.94. The van der Waals surface area contributed by atoms with E-state index in [0.717, 1.165) is 25.9 Å². The molecule has 0 spiro atoms. The molecule has 0 aliphatic carbocycles. The molecule has 0 unspecified atom stereocenters. The lowest BCUT2D eigenvalue weighted by atomic mass is 10.2. The molecule has 0 rings (SSSR count). The topological polar surface area (TPSA) is 52.0 Å². The Kier molecular flexibility index (Phi) is 14.0. The third kappa shape index (κ3) is 11.5. The molecule has 0 fully saturated rings. The van der Waals surface area contributed by atoms with Gasteiger partial charge in [0.1, 0.15) is 0 Å². The molecule has 0 amide bonds. The largest absolute Gasteiger partial charge is 0.330 e. The maximum absolute atomic E-state index is 5.28. The summed E-state index contributed by atoms with van der Waals surface area (Å²) < 4.78 is 0. The first kappa shape index (κ1) is 11.7. The van der Waals surface area contributed by atoms with Crippen molar-refractivity contribution in [3.8, 4) is 0 Å². The maximum Gasteiger partial charge on any atom is 0 e. The summed E-state index contributed by atoms with van der Waals surface area (Å²) in [5.74, 6) is 0. The molecule has 0 aliphatic rings. The quantitative estimate of drug-likeness (QED) is 0.531. The van der Waals surface area contributed by atoms with E-state index in [1.54, 1.807) is 0 Å². The van der Waals surface area contributed by atoms with Crippen molar-refractivity contribution in [1.82, 2.24) is 0 Å². The molecular weight excluding hydrogens is 112 g/mol. The fourth-order valence-electron chi connectivity index (χ4n) is 0.642. The van der Waals surface area contributed by atoms with Crippen LogP contribution < -0.4 is 11.5 Å². The van der Waals surface area contributed by atoms with Crippen LogP contribution in [0.15, 0.2) is 0 Å². The Bertz CT molecular complexity index is 31.9. The van der Waals surface area contributed by atoms with Crippen LogP contribution in [-0.2, 0) is 0 Å². The van der Waals surface area contributed by atoms with E-state index in [9.17, 15) is 0 Å². The lowest BCUT2D eigenvalue weighted by molar-refractivity contribution is 0.653. The van der Waals surface area contributed by atoms with Gasteiger partial charge < -0.3 is 11.5 Å². The van der Waals surface area contributed by atoms with Gasteiger partial charge in [-0.25, -0.2) is 0 Å². The van der Waals surface area contributed by atoms with Gasteiger partial charge in [0.25, 0.3) is 0 Å². The van der Waals surface area contributed by atoms with E-state index >= 15 is 0 Å². The molecule has 0 heterocycles. The second-order valence-corrected chi connectivity index (χ2v) is 1.99. The SMILES string of the molecule is NCCCCCCN.[C]. The molecule has 2 heteroatoms. The predicted molar refractivity (Wildman–Crippen MR) is 39.8 cm³/mol. The highest BCUT2D eigenvalue weighted by Crippen LogP contribution is 1.95. The van der Waals surface area contributed by atoms with Crippen molar-refractivity contribution in [3.63, 3.8) is 0 Å². The van der Waals surface area contributed by atoms with Crippen LogP contribution in [0, 0.1) is 7.43 Å². The number of nitrogens with two attached hydrogens (primary N) is 2. The minimum atomic E-state index is 0. The Hall–Kier alpha value is -0.0800. The van der Waals surface area contributed by atoms with Gasteiger partial charge in [-0.2, -0.15) is 0 Å².